The fraction of sp³-hybridized carbons (Fsp3) is 0.250. The Morgan fingerprint density at radius 1 is 1.47 bits per heavy atom. The van der Waals surface area contributed by atoms with Gasteiger partial charge in [-0.15, -0.1) is 0 Å². The van der Waals surface area contributed by atoms with Crippen molar-refractivity contribution in [3.8, 4) is 5.75 Å². The molecule has 0 fully saturated rings. The van der Waals surface area contributed by atoms with E-state index < -0.39 is 11.9 Å². The third-order valence-corrected chi connectivity index (χ3v) is 2.76. The summed E-state index contributed by atoms with van der Waals surface area (Å²) in [7, 11) is 1.63. The Bertz CT molecular complexity index is 555. The monoisotopic (exact) mass is 264 g/mol. The van der Waals surface area contributed by atoms with Crippen LogP contribution in [-0.2, 0) is 20.9 Å². The van der Waals surface area contributed by atoms with Gasteiger partial charge in [-0.25, -0.2) is 4.79 Å². The number of anilines is 1. The van der Waals surface area contributed by atoms with Gasteiger partial charge in [0, 0.05) is 13.6 Å². The number of ether oxygens (including phenoxy) is 1. The van der Waals surface area contributed by atoms with E-state index in [2.05, 4.69) is 5.32 Å². The minimum Gasteiger partial charge on any atom is -0.482 e. The molecule has 0 radical (unpaired) electrons. The number of aliphatic carboxylic acids is 1. The summed E-state index contributed by atoms with van der Waals surface area (Å²) < 4.78 is 5.25. The largest absolute Gasteiger partial charge is 0.482 e. The average Bonchev–Trinajstić information content (AvgIpc) is 2.40. The van der Waals surface area contributed by atoms with Gasteiger partial charge in [0.1, 0.15) is 5.75 Å². The van der Waals surface area contributed by atoms with Crippen LogP contribution in [0.2, 0.25) is 0 Å². The smallest absolute Gasteiger partial charge is 0.394 e. The van der Waals surface area contributed by atoms with Crippen molar-refractivity contribution in [1.82, 2.24) is 5.32 Å². The van der Waals surface area contributed by atoms with Crippen molar-refractivity contribution in [1.29, 1.82) is 0 Å². The first-order valence-electron chi connectivity index (χ1n) is 5.52. The molecule has 0 saturated heterocycles. The van der Waals surface area contributed by atoms with Crippen molar-refractivity contribution in [2.75, 3.05) is 18.6 Å². The molecule has 2 rings (SSSR count). The van der Waals surface area contributed by atoms with Gasteiger partial charge in [-0.3, -0.25) is 9.59 Å². The van der Waals surface area contributed by atoms with E-state index in [9.17, 15) is 14.4 Å². The van der Waals surface area contributed by atoms with E-state index in [-0.39, 0.29) is 19.1 Å². The predicted octanol–water partition coefficient (Wildman–Crippen LogP) is -0.257. The number of fused-ring (bicyclic) bond motifs is 1. The Balaban J connectivity index is 2.14. The highest BCUT2D eigenvalue weighted by atomic mass is 16.5. The Kier molecular flexibility index (Phi) is 3.37. The molecule has 1 aliphatic rings. The van der Waals surface area contributed by atoms with E-state index in [4.69, 9.17) is 9.84 Å². The normalized spacial score (nSPS) is 13.5. The van der Waals surface area contributed by atoms with Gasteiger partial charge in [-0.2, -0.15) is 0 Å². The molecule has 0 spiro atoms. The van der Waals surface area contributed by atoms with Crippen LogP contribution in [0.1, 0.15) is 5.56 Å². The molecule has 1 aromatic rings. The molecule has 2 amide bonds. The SMILES string of the molecule is CN1C(=O)COc2ccc(CNC(=O)C(=O)O)cc21. The minimum absolute atomic E-state index is 0.00139. The highest BCUT2D eigenvalue weighted by Gasteiger charge is 2.22. The lowest BCUT2D eigenvalue weighted by atomic mass is 10.1. The lowest BCUT2D eigenvalue weighted by Gasteiger charge is -2.26. The highest BCUT2D eigenvalue weighted by Crippen LogP contribution is 2.31. The maximum absolute atomic E-state index is 11.5. The molecule has 100 valence electrons. The summed E-state index contributed by atoms with van der Waals surface area (Å²) >= 11 is 0. The molecule has 1 aromatic carbocycles. The van der Waals surface area contributed by atoms with Crippen LogP contribution < -0.4 is 15.0 Å². The molecule has 1 aliphatic heterocycles. The fourth-order valence-electron chi connectivity index (χ4n) is 1.69. The van der Waals surface area contributed by atoms with E-state index in [1.54, 1.807) is 25.2 Å². The Morgan fingerprint density at radius 2 is 2.21 bits per heavy atom. The summed E-state index contributed by atoms with van der Waals surface area (Å²) in [4.78, 5) is 34.2. The van der Waals surface area contributed by atoms with Gasteiger partial charge in [0.15, 0.2) is 6.61 Å². The minimum atomic E-state index is -1.53. The molecule has 0 unspecified atom stereocenters. The zero-order chi connectivity index (χ0) is 14.0. The second kappa shape index (κ2) is 4.97. The molecule has 0 bridgehead atoms. The van der Waals surface area contributed by atoms with E-state index in [1.165, 1.54) is 4.90 Å². The van der Waals surface area contributed by atoms with Crippen LogP contribution in [0.15, 0.2) is 18.2 Å². The number of carbonyl (C=O) groups excluding carboxylic acids is 2. The lowest BCUT2D eigenvalue weighted by Crippen LogP contribution is -2.35. The second-order valence-corrected chi connectivity index (χ2v) is 4.03. The highest BCUT2D eigenvalue weighted by molar-refractivity contribution is 6.31. The van der Waals surface area contributed by atoms with Crippen LogP contribution in [0.25, 0.3) is 0 Å². The molecule has 2 N–H and O–H groups in total. The maximum Gasteiger partial charge on any atom is 0.394 e. The van der Waals surface area contributed by atoms with Crippen LogP contribution in [-0.4, -0.2) is 36.5 Å². The predicted molar refractivity (Wildman–Crippen MR) is 64.8 cm³/mol. The fourth-order valence-corrected chi connectivity index (χ4v) is 1.69. The van der Waals surface area contributed by atoms with Crippen molar-refractivity contribution >= 4 is 23.5 Å². The van der Waals surface area contributed by atoms with E-state index in [1.807, 2.05) is 0 Å². The van der Waals surface area contributed by atoms with Crippen LogP contribution in [0.5, 0.6) is 5.75 Å². The quantitative estimate of drug-likeness (QED) is 0.718. The average molecular weight is 264 g/mol. The molecule has 0 aliphatic carbocycles. The number of likely N-dealkylation sites (N-methyl/N-ethyl adjacent to an activating group) is 1. The third kappa shape index (κ3) is 2.65. The molecular weight excluding hydrogens is 252 g/mol. The van der Waals surface area contributed by atoms with Crippen molar-refractivity contribution in [3.05, 3.63) is 23.8 Å². The van der Waals surface area contributed by atoms with Crippen molar-refractivity contribution in [2.24, 2.45) is 0 Å². The number of amides is 2. The van der Waals surface area contributed by atoms with Gasteiger partial charge in [0.25, 0.3) is 5.91 Å². The maximum atomic E-state index is 11.5. The number of nitrogens with zero attached hydrogens (tertiary/aromatic N) is 1. The summed E-state index contributed by atoms with van der Waals surface area (Å²) in [6, 6.07) is 5.06. The van der Waals surface area contributed by atoms with E-state index in [0.717, 1.165) is 0 Å². The van der Waals surface area contributed by atoms with Gasteiger partial charge in [0.05, 0.1) is 5.69 Å². The summed E-state index contributed by atoms with van der Waals surface area (Å²) in [5, 5.41) is 10.7. The molecule has 7 nitrogen and oxygen atoms in total. The first kappa shape index (κ1) is 12.9. The topological polar surface area (TPSA) is 95.9 Å². The van der Waals surface area contributed by atoms with E-state index in [0.29, 0.717) is 17.0 Å². The zero-order valence-electron chi connectivity index (χ0n) is 10.2. The zero-order valence-corrected chi connectivity index (χ0v) is 10.2. The summed E-state index contributed by atoms with van der Waals surface area (Å²) in [6.07, 6.45) is 0. The molecule has 19 heavy (non-hydrogen) atoms. The molecule has 1 heterocycles. The molecule has 0 saturated carbocycles. The summed E-state index contributed by atoms with van der Waals surface area (Å²) in [5.41, 5.74) is 1.27. The number of carboxylic acids is 1. The second-order valence-electron chi connectivity index (χ2n) is 4.03. The van der Waals surface area contributed by atoms with Crippen LogP contribution in [0, 0.1) is 0 Å². The number of benzene rings is 1. The molecular formula is C12H12N2O5. The Morgan fingerprint density at radius 3 is 2.89 bits per heavy atom. The molecule has 0 atom stereocenters. The summed E-state index contributed by atoms with van der Waals surface area (Å²) in [6.45, 7) is 0.0685. The number of carbonyl (C=O) groups is 3. The van der Waals surface area contributed by atoms with E-state index >= 15 is 0 Å². The third-order valence-electron chi connectivity index (χ3n) is 2.76. The lowest BCUT2D eigenvalue weighted by molar-refractivity contribution is -0.150. The number of rotatable bonds is 2. The van der Waals surface area contributed by atoms with Gasteiger partial charge < -0.3 is 20.1 Å². The Labute approximate surface area is 108 Å². The number of carboxylic acid groups (broad SMARTS) is 1. The number of hydrogen-bond donors (Lipinski definition) is 2. The Hall–Kier alpha value is -2.57. The number of nitrogens with one attached hydrogen (secondary N) is 1. The van der Waals surface area contributed by atoms with Gasteiger partial charge in [0.2, 0.25) is 0 Å². The molecule has 0 aromatic heterocycles. The number of hydrogen-bond acceptors (Lipinski definition) is 4. The van der Waals surface area contributed by atoms with Crippen LogP contribution >= 0.6 is 0 Å². The van der Waals surface area contributed by atoms with Gasteiger partial charge in [-0.05, 0) is 17.7 Å². The standard InChI is InChI=1S/C12H12N2O5/c1-14-8-4-7(5-13-11(16)12(17)18)2-3-9(8)19-6-10(14)15/h2-4H,5-6H2,1H3,(H,13,16)(H,17,18). The van der Waals surface area contributed by atoms with Crippen molar-refractivity contribution in [3.63, 3.8) is 0 Å². The van der Waals surface area contributed by atoms with Crippen LogP contribution in [0.4, 0.5) is 5.69 Å². The summed E-state index contributed by atoms with van der Waals surface area (Å²) in [5.74, 6) is -2.19. The first-order valence-corrected chi connectivity index (χ1v) is 5.52. The van der Waals surface area contributed by atoms with Crippen molar-refractivity contribution in [2.45, 2.75) is 6.54 Å². The first-order chi connectivity index (χ1) is 8.99. The van der Waals surface area contributed by atoms with Crippen LogP contribution in [0.3, 0.4) is 0 Å². The van der Waals surface area contributed by atoms with Gasteiger partial charge >= 0.3 is 11.9 Å². The van der Waals surface area contributed by atoms with Crippen molar-refractivity contribution < 1.29 is 24.2 Å². The van der Waals surface area contributed by atoms with Gasteiger partial charge in [-0.1, -0.05) is 6.07 Å². The molecule has 7 heteroatoms.